The Morgan fingerprint density at radius 1 is 1.03 bits per heavy atom. The van der Waals surface area contributed by atoms with Gasteiger partial charge in [-0.25, -0.2) is 5.43 Å². The van der Waals surface area contributed by atoms with Crippen LogP contribution < -0.4 is 20.4 Å². The van der Waals surface area contributed by atoms with Crippen molar-refractivity contribution in [1.82, 2.24) is 15.0 Å². The van der Waals surface area contributed by atoms with Gasteiger partial charge in [0, 0.05) is 30.4 Å². The fraction of sp³-hybridized carbons (Fsp3) is 0.238. The molecule has 1 aliphatic heterocycles. The first-order valence-electron chi connectivity index (χ1n) is 9.91. The zero-order chi connectivity index (χ0) is 22.3. The molecule has 11 nitrogen and oxygen atoms in total. The molecule has 0 aliphatic carbocycles. The number of rotatable bonds is 7. The molecule has 0 spiro atoms. The Bertz CT molecular complexity index is 1090. The van der Waals surface area contributed by atoms with Gasteiger partial charge in [0.1, 0.15) is 17.2 Å². The Balaban J connectivity index is 1.56. The van der Waals surface area contributed by atoms with Crippen LogP contribution in [-0.2, 0) is 4.74 Å². The molecule has 1 saturated heterocycles. The maximum atomic E-state index is 9.89. The SMILES string of the molecule is COc1ccc(Nc2nc(N/N=C\c3ccc(O)cc3O)nc(N3CCOCC3)n2)cc1. The van der Waals surface area contributed by atoms with Crippen LogP contribution in [-0.4, -0.2) is 64.8 Å². The number of anilines is 4. The van der Waals surface area contributed by atoms with E-state index in [9.17, 15) is 10.2 Å². The summed E-state index contributed by atoms with van der Waals surface area (Å²) in [6.07, 6.45) is 1.41. The van der Waals surface area contributed by atoms with Gasteiger partial charge in [-0.05, 0) is 36.4 Å². The lowest BCUT2D eigenvalue weighted by Crippen LogP contribution is -2.37. The third kappa shape index (κ3) is 5.32. The third-order valence-corrected chi connectivity index (χ3v) is 4.65. The molecule has 0 amide bonds. The average molecular weight is 437 g/mol. The van der Waals surface area contributed by atoms with Crippen LogP contribution in [0, 0.1) is 0 Å². The second kappa shape index (κ2) is 9.79. The van der Waals surface area contributed by atoms with E-state index in [0.29, 0.717) is 43.8 Å². The van der Waals surface area contributed by atoms with Gasteiger partial charge >= 0.3 is 0 Å². The zero-order valence-electron chi connectivity index (χ0n) is 17.4. The third-order valence-electron chi connectivity index (χ3n) is 4.65. The Morgan fingerprint density at radius 2 is 1.78 bits per heavy atom. The summed E-state index contributed by atoms with van der Waals surface area (Å²) < 4.78 is 10.6. The standard InChI is InChI=1S/C21H23N7O4/c1-31-17-6-3-15(4-7-17)23-19-24-20(26-21(25-19)28-8-10-32-11-9-28)27-22-13-14-2-5-16(29)12-18(14)30/h2-7,12-13,29-30H,8-11H2,1H3,(H2,23,24,25,26,27)/b22-13-. The van der Waals surface area contributed by atoms with Crippen LogP contribution in [0.5, 0.6) is 17.2 Å². The molecule has 2 heterocycles. The molecular formula is C21H23N7O4. The zero-order valence-corrected chi connectivity index (χ0v) is 17.4. The van der Waals surface area contributed by atoms with E-state index in [4.69, 9.17) is 9.47 Å². The number of benzene rings is 2. The molecule has 0 radical (unpaired) electrons. The van der Waals surface area contributed by atoms with E-state index < -0.39 is 0 Å². The summed E-state index contributed by atoms with van der Waals surface area (Å²) in [5, 5.41) is 26.6. The minimum atomic E-state index is -0.0953. The molecule has 166 valence electrons. The summed E-state index contributed by atoms with van der Waals surface area (Å²) in [7, 11) is 1.61. The van der Waals surface area contributed by atoms with E-state index in [2.05, 4.69) is 30.8 Å². The number of methoxy groups -OCH3 is 1. The summed E-state index contributed by atoms with van der Waals surface area (Å²) in [6.45, 7) is 2.51. The normalized spacial score (nSPS) is 13.8. The minimum Gasteiger partial charge on any atom is -0.508 e. The van der Waals surface area contributed by atoms with Crippen molar-refractivity contribution < 1.29 is 19.7 Å². The van der Waals surface area contributed by atoms with Crippen LogP contribution in [0.2, 0.25) is 0 Å². The molecule has 1 aromatic heterocycles. The summed E-state index contributed by atoms with van der Waals surface area (Å²) in [4.78, 5) is 15.4. The number of ether oxygens (including phenoxy) is 2. The van der Waals surface area contributed by atoms with Gasteiger partial charge in [-0.1, -0.05) is 0 Å². The topological polar surface area (TPSA) is 137 Å². The van der Waals surface area contributed by atoms with Gasteiger partial charge in [0.15, 0.2) is 0 Å². The molecule has 1 fully saturated rings. The van der Waals surface area contributed by atoms with Gasteiger partial charge in [-0.3, -0.25) is 0 Å². The number of hydrogen-bond acceptors (Lipinski definition) is 11. The number of aromatic nitrogens is 3. The molecule has 0 saturated carbocycles. The van der Waals surface area contributed by atoms with Gasteiger partial charge in [0.05, 0.1) is 26.5 Å². The molecule has 3 aromatic rings. The van der Waals surface area contributed by atoms with E-state index in [1.54, 1.807) is 13.2 Å². The first kappa shape index (κ1) is 21.1. The molecule has 1 aliphatic rings. The molecule has 4 N–H and O–H groups in total. The number of hydrogen-bond donors (Lipinski definition) is 4. The molecule has 4 rings (SSSR count). The largest absolute Gasteiger partial charge is 0.508 e. The fourth-order valence-corrected chi connectivity index (χ4v) is 2.98. The van der Waals surface area contributed by atoms with Crippen LogP contribution >= 0.6 is 0 Å². The van der Waals surface area contributed by atoms with Crippen molar-refractivity contribution in [2.24, 2.45) is 5.10 Å². The number of nitrogens with one attached hydrogen (secondary N) is 2. The highest BCUT2D eigenvalue weighted by Gasteiger charge is 2.17. The Morgan fingerprint density at radius 3 is 2.50 bits per heavy atom. The van der Waals surface area contributed by atoms with E-state index in [1.165, 1.54) is 18.3 Å². The smallest absolute Gasteiger partial charge is 0.250 e. The van der Waals surface area contributed by atoms with Crippen LogP contribution in [0.3, 0.4) is 0 Å². The van der Waals surface area contributed by atoms with Crippen LogP contribution in [0.1, 0.15) is 5.56 Å². The lowest BCUT2D eigenvalue weighted by Gasteiger charge is -2.27. The molecule has 0 unspecified atom stereocenters. The average Bonchev–Trinajstić information content (AvgIpc) is 2.81. The van der Waals surface area contributed by atoms with Crippen molar-refractivity contribution >= 4 is 29.7 Å². The Hall–Kier alpha value is -4.12. The number of morpholine rings is 1. The quantitative estimate of drug-likeness (QED) is 0.322. The van der Waals surface area contributed by atoms with Crippen molar-refractivity contribution in [3.63, 3.8) is 0 Å². The van der Waals surface area contributed by atoms with Crippen LogP contribution in [0.15, 0.2) is 47.6 Å². The first-order chi connectivity index (χ1) is 15.6. The Labute approximate surface area is 184 Å². The summed E-state index contributed by atoms with van der Waals surface area (Å²) in [6, 6.07) is 11.6. The first-order valence-corrected chi connectivity index (χ1v) is 9.91. The number of hydrazone groups is 1. The van der Waals surface area contributed by atoms with E-state index in [0.717, 1.165) is 11.4 Å². The lowest BCUT2D eigenvalue weighted by molar-refractivity contribution is 0.122. The molecule has 0 atom stereocenters. The van der Waals surface area contributed by atoms with E-state index in [-0.39, 0.29) is 17.4 Å². The number of phenolic OH excluding ortho intramolecular Hbond substituents is 2. The molecule has 11 heteroatoms. The van der Waals surface area contributed by atoms with Gasteiger partial charge in [0.2, 0.25) is 17.8 Å². The van der Waals surface area contributed by atoms with Crippen molar-refractivity contribution in [1.29, 1.82) is 0 Å². The Kier molecular flexibility index (Phi) is 6.46. The predicted molar refractivity (Wildman–Crippen MR) is 120 cm³/mol. The van der Waals surface area contributed by atoms with Crippen molar-refractivity contribution in [2.45, 2.75) is 0 Å². The summed E-state index contributed by atoms with van der Waals surface area (Å²) in [5.74, 6) is 1.68. The lowest BCUT2D eigenvalue weighted by atomic mass is 10.2. The van der Waals surface area contributed by atoms with Gasteiger partial charge in [-0.2, -0.15) is 20.1 Å². The molecule has 0 bridgehead atoms. The summed E-state index contributed by atoms with van der Waals surface area (Å²) >= 11 is 0. The number of aromatic hydroxyl groups is 2. The highest BCUT2D eigenvalue weighted by Crippen LogP contribution is 2.22. The number of phenols is 2. The highest BCUT2D eigenvalue weighted by atomic mass is 16.5. The van der Waals surface area contributed by atoms with E-state index in [1.807, 2.05) is 29.2 Å². The summed E-state index contributed by atoms with van der Waals surface area (Å²) in [5.41, 5.74) is 3.99. The second-order valence-electron chi connectivity index (χ2n) is 6.85. The van der Waals surface area contributed by atoms with Crippen molar-refractivity contribution in [2.75, 3.05) is 49.1 Å². The van der Waals surface area contributed by atoms with Gasteiger partial charge in [0.25, 0.3) is 0 Å². The minimum absolute atomic E-state index is 0.0329. The van der Waals surface area contributed by atoms with Gasteiger partial charge in [-0.15, -0.1) is 0 Å². The maximum Gasteiger partial charge on any atom is 0.250 e. The number of nitrogens with zero attached hydrogens (tertiary/aromatic N) is 5. The molecule has 2 aromatic carbocycles. The second-order valence-corrected chi connectivity index (χ2v) is 6.85. The predicted octanol–water partition coefficient (Wildman–Crippen LogP) is 2.32. The van der Waals surface area contributed by atoms with Crippen LogP contribution in [0.25, 0.3) is 0 Å². The fourth-order valence-electron chi connectivity index (χ4n) is 2.98. The molecular weight excluding hydrogens is 414 g/mol. The van der Waals surface area contributed by atoms with Crippen molar-refractivity contribution in [3.05, 3.63) is 48.0 Å². The van der Waals surface area contributed by atoms with Crippen molar-refractivity contribution in [3.8, 4) is 17.2 Å². The highest BCUT2D eigenvalue weighted by molar-refractivity contribution is 5.84. The molecule has 32 heavy (non-hydrogen) atoms. The van der Waals surface area contributed by atoms with Gasteiger partial charge < -0.3 is 29.9 Å². The van der Waals surface area contributed by atoms with Crippen LogP contribution in [0.4, 0.5) is 23.5 Å². The van der Waals surface area contributed by atoms with E-state index >= 15 is 0 Å². The maximum absolute atomic E-state index is 9.89. The monoisotopic (exact) mass is 437 g/mol.